The quantitative estimate of drug-likeness (QED) is 0.781. The highest BCUT2D eigenvalue weighted by atomic mass is 16.2. The van der Waals surface area contributed by atoms with Crippen molar-refractivity contribution in [2.75, 3.05) is 37.6 Å². The molecule has 1 saturated heterocycles. The van der Waals surface area contributed by atoms with Gasteiger partial charge in [0.1, 0.15) is 0 Å². The van der Waals surface area contributed by atoms with Crippen molar-refractivity contribution < 1.29 is 9.59 Å². The van der Waals surface area contributed by atoms with E-state index in [1.165, 1.54) is 5.69 Å². The van der Waals surface area contributed by atoms with E-state index in [1.54, 1.807) is 6.07 Å². The molecular weight excluding hydrogens is 352 g/mol. The number of nitrogens with zero attached hydrogens (tertiary/aromatic N) is 2. The smallest absolute Gasteiger partial charge is 0.269 e. The van der Waals surface area contributed by atoms with Crippen LogP contribution < -0.4 is 15.8 Å². The number of amides is 2. The zero-order valence-corrected chi connectivity index (χ0v) is 16.6. The molecule has 28 heavy (non-hydrogen) atoms. The van der Waals surface area contributed by atoms with E-state index in [1.807, 2.05) is 32.0 Å². The van der Waals surface area contributed by atoms with Crippen LogP contribution in [0, 0.1) is 13.8 Å². The van der Waals surface area contributed by atoms with Crippen LogP contribution in [-0.4, -0.2) is 49.4 Å². The van der Waals surface area contributed by atoms with E-state index in [9.17, 15) is 9.59 Å². The summed E-state index contributed by atoms with van der Waals surface area (Å²) in [5.74, 6) is -0.467. The van der Waals surface area contributed by atoms with Crippen LogP contribution in [-0.2, 0) is 4.79 Å². The Balaban J connectivity index is 1.37. The number of piperazine rings is 1. The number of hydrogen-bond donors (Lipinski definition) is 2. The summed E-state index contributed by atoms with van der Waals surface area (Å²) in [5.41, 5.74) is 8.84. The fourth-order valence-electron chi connectivity index (χ4n) is 3.45. The van der Waals surface area contributed by atoms with Crippen molar-refractivity contribution in [1.82, 2.24) is 15.8 Å². The molecule has 2 amide bonds. The molecule has 6 heteroatoms. The van der Waals surface area contributed by atoms with Crippen molar-refractivity contribution in [2.45, 2.75) is 20.3 Å². The van der Waals surface area contributed by atoms with Crippen LogP contribution in [0.1, 0.15) is 27.9 Å². The summed E-state index contributed by atoms with van der Waals surface area (Å²) in [6, 6.07) is 16.0. The third-order valence-electron chi connectivity index (χ3n) is 5.09. The standard InChI is InChI=1S/C22H28N4O2/c1-17-8-9-20(18(2)16-17)22(28)24-23-21(27)10-11-25-12-14-26(15-13-25)19-6-4-3-5-7-19/h3-9,16H,10-15H2,1-2H3,(H,23,27)(H,24,28). The van der Waals surface area contributed by atoms with Crippen LogP contribution in [0.15, 0.2) is 48.5 Å². The van der Waals surface area contributed by atoms with Gasteiger partial charge >= 0.3 is 0 Å². The summed E-state index contributed by atoms with van der Waals surface area (Å²) in [6.45, 7) is 8.32. The molecule has 2 N–H and O–H groups in total. The number of aryl methyl sites for hydroxylation is 2. The highest BCUT2D eigenvalue weighted by molar-refractivity contribution is 5.96. The number of anilines is 1. The van der Waals surface area contributed by atoms with Gasteiger partial charge in [-0.15, -0.1) is 0 Å². The molecule has 1 aliphatic rings. The zero-order chi connectivity index (χ0) is 19.9. The maximum absolute atomic E-state index is 12.2. The van der Waals surface area contributed by atoms with Crippen LogP contribution in [0.2, 0.25) is 0 Å². The maximum Gasteiger partial charge on any atom is 0.269 e. The minimum Gasteiger partial charge on any atom is -0.369 e. The summed E-state index contributed by atoms with van der Waals surface area (Å²) >= 11 is 0. The molecule has 0 radical (unpaired) electrons. The van der Waals surface area contributed by atoms with Gasteiger partial charge in [0, 0.05) is 50.4 Å². The van der Waals surface area contributed by atoms with Crippen LogP contribution in [0.3, 0.4) is 0 Å². The van der Waals surface area contributed by atoms with Crippen LogP contribution >= 0.6 is 0 Å². The Labute approximate surface area is 166 Å². The Hall–Kier alpha value is -2.86. The van der Waals surface area contributed by atoms with E-state index in [-0.39, 0.29) is 11.8 Å². The Morgan fingerprint density at radius 1 is 0.929 bits per heavy atom. The summed E-state index contributed by atoms with van der Waals surface area (Å²) in [7, 11) is 0. The average Bonchev–Trinajstić information content (AvgIpc) is 2.71. The van der Waals surface area contributed by atoms with Crippen molar-refractivity contribution in [3.05, 3.63) is 65.2 Å². The molecule has 0 unspecified atom stereocenters. The fourth-order valence-corrected chi connectivity index (χ4v) is 3.45. The van der Waals surface area contributed by atoms with E-state index in [0.29, 0.717) is 18.5 Å². The lowest BCUT2D eigenvalue weighted by molar-refractivity contribution is -0.122. The van der Waals surface area contributed by atoms with E-state index in [2.05, 4.69) is 44.9 Å². The van der Waals surface area contributed by atoms with Crippen LogP contribution in [0.25, 0.3) is 0 Å². The summed E-state index contributed by atoms with van der Waals surface area (Å²) in [4.78, 5) is 28.9. The second-order valence-electron chi connectivity index (χ2n) is 7.23. The van der Waals surface area contributed by atoms with Gasteiger partial charge in [-0.3, -0.25) is 25.3 Å². The minimum absolute atomic E-state index is 0.177. The van der Waals surface area contributed by atoms with Crippen molar-refractivity contribution in [3.63, 3.8) is 0 Å². The van der Waals surface area contributed by atoms with Gasteiger partial charge in [-0.2, -0.15) is 0 Å². The average molecular weight is 380 g/mol. The first-order valence-corrected chi connectivity index (χ1v) is 9.72. The van der Waals surface area contributed by atoms with Gasteiger partial charge in [0.2, 0.25) is 5.91 Å². The molecule has 148 valence electrons. The predicted molar refractivity (Wildman–Crippen MR) is 111 cm³/mol. The molecule has 0 saturated carbocycles. The third kappa shape index (κ3) is 5.33. The molecule has 0 atom stereocenters. The fraction of sp³-hybridized carbons (Fsp3) is 0.364. The molecule has 1 aliphatic heterocycles. The van der Waals surface area contributed by atoms with Gasteiger partial charge in [0.15, 0.2) is 0 Å². The highest BCUT2D eigenvalue weighted by Crippen LogP contribution is 2.15. The number of hydrogen-bond acceptors (Lipinski definition) is 4. The van der Waals surface area contributed by atoms with Crippen molar-refractivity contribution in [2.24, 2.45) is 0 Å². The Bertz CT molecular complexity index is 815. The molecule has 0 bridgehead atoms. The van der Waals surface area contributed by atoms with E-state index >= 15 is 0 Å². The predicted octanol–water partition coefficient (Wildman–Crippen LogP) is 2.28. The molecule has 2 aromatic carbocycles. The molecule has 0 aromatic heterocycles. The second-order valence-corrected chi connectivity index (χ2v) is 7.23. The van der Waals surface area contributed by atoms with Crippen molar-refractivity contribution in [3.8, 4) is 0 Å². The van der Waals surface area contributed by atoms with Crippen LogP contribution in [0.5, 0.6) is 0 Å². The van der Waals surface area contributed by atoms with Crippen molar-refractivity contribution in [1.29, 1.82) is 0 Å². The van der Waals surface area contributed by atoms with Gasteiger partial charge < -0.3 is 4.90 Å². The molecule has 3 rings (SSSR count). The molecule has 2 aromatic rings. The number of rotatable bonds is 5. The van der Waals surface area contributed by atoms with Gasteiger partial charge in [-0.1, -0.05) is 35.9 Å². The number of hydrazine groups is 1. The molecule has 0 spiro atoms. The topological polar surface area (TPSA) is 64.7 Å². The number of carbonyl (C=O) groups excluding carboxylic acids is 2. The largest absolute Gasteiger partial charge is 0.369 e. The lowest BCUT2D eigenvalue weighted by Crippen LogP contribution is -2.48. The normalized spacial score (nSPS) is 14.6. The lowest BCUT2D eigenvalue weighted by atomic mass is 10.1. The molecule has 0 aliphatic carbocycles. The Morgan fingerprint density at radius 2 is 1.64 bits per heavy atom. The number of nitrogens with one attached hydrogen (secondary N) is 2. The van der Waals surface area contributed by atoms with Gasteiger partial charge in [-0.25, -0.2) is 0 Å². The monoisotopic (exact) mass is 380 g/mol. The van der Waals surface area contributed by atoms with Crippen LogP contribution in [0.4, 0.5) is 5.69 Å². The highest BCUT2D eigenvalue weighted by Gasteiger charge is 2.18. The summed E-state index contributed by atoms with van der Waals surface area (Å²) in [5, 5.41) is 0. The first-order valence-electron chi connectivity index (χ1n) is 9.72. The minimum atomic E-state index is -0.290. The van der Waals surface area contributed by atoms with Gasteiger partial charge in [-0.05, 0) is 37.6 Å². The first-order chi connectivity index (χ1) is 13.5. The molecular formula is C22H28N4O2. The van der Waals surface area contributed by atoms with E-state index < -0.39 is 0 Å². The number of para-hydroxylation sites is 1. The summed E-state index contributed by atoms with van der Waals surface area (Å²) < 4.78 is 0. The Morgan fingerprint density at radius 3 is 2.32 bits per heavy atom. The van der Waals surface area contributed by atoms with Gasteiger partial charge in [0.05, 0.1) is 0 Å². The molecule has 1 heterocycles. The first kappa shape index (κ1) is 19.9. The van der Waals surface area contributed by atoms with Crippen molar-refractivity contribution >= 4 is 17.5 Å². The van der Waals surface area contributed by atoms with Gasteiger partial charge in [0.25, 0.3) is 5.91 Å². The maximum atomic E-state index is 12.2. The number of carbonyl (C=O) groups is 2. The summed E-state index contributed by atoms with van der Waals surface area (Å²) in [6.07, 6.45) is 0.360. The Kier molecular flexibility index (Phi) is 6.66. The van der Waals surface area contributed by atoms with E-state index in [0.717, 1.165) is 37.3 Å². The van der Waals surface area contributed by atoms with E-state index in [4.69, 9.17) is 0 Å². The second kappa shape index (κ2) is 9.37. The number of benzene rings is 2. The molecule has 1 fully saturated rings. The lowest BCUT2D eigenvalue weighted by Gasteiger charge is -2.36. The third-order valence-corrected chi connectivity index (χ3v) is 5.09. The zero-order valence-electron chi connectivity index (χ0n) is 16.6. The molecule has 6 nitrogen and oxygen atoms in total. The SMILES string of the molecule is Cc1ccc(C(=O)NNC(=O)CCN2CCN(c3ccccc3)CC2)c(C)c1.